The first-order chi connectivity index (χ1) is 8.96. The molecular formula is C14H22N2O3. The van der Waals surface area contributed by atoms with Gasteiger partial charge >= 0.3 is 0 Å². The summed E-state index contributed by atoms with van der Waals surface area (Å²) in [5.41, 5.74) is 0.780. The van der Waals surface area contributed by atoms with E-state index in [0.717, 1.165) is 5.69 Å². The molecule has 0 aliphatic heterocycles. The molecule has 19 heavy (non-hydrogen) atoms. The summed E-state index contributed by atoms with van der Waals surface area (Å²) in [5.74, 6) is 1.31. The SMILES string of the molecule is COc1cc(N[C@@H](C)C(=O)NC(C)C)cc(OC)c1. The van der Waals surface area contributed by atoms with E-state index in [2.05, 4.69) is 10.6 Å². The van der Waals surface area contributed by atoms with Crippen LogP contribution < -0.4 is 20.1 Å². The van der Waals surface area contributed by atoms with Crippen molar-refractivity contribution in [3.63, 3.8) is 0 Å². The number of ether oxygens (including phenoxy) is 2. The van der Waals surface area contributed by atoms with Crippen LogP contribution in [0.15, 0.2) is 18.2 Å². The summed E-state index contributed by atoms with van der Waals surface area (Å²) in [4.78, 5) is 11.8. The van der Waals surface area contributed by atoms with E-state index in [0.29, 0.717) is 11.5 Å². The molecule has 5 heteroatoms. The van der Waals surface area contributed by atoms with Gasteiger partial charge in [-0.1, -0.05) is 0 Å². The minimum absolute atomic E-state index is 0.0446. The molecule has 0 fully saturated rings. The highest BCUT2D eigenvalue weighted by Crippen LogP contribution is 2.26. The molecule has 1 atom stereocenters. The van der Waals surface area contributed by atoms with Gasteiger partial charge in [0.25, 0.3) is 0 Å². The van der Waals surface area contributed by atoms with E-state index in [4.69, 9.17) is 9.47 Å². The number of methoxy groups -OCH3 is 2. The molecule has 1 aromatic rings. The van der Waals surface area contributed by atoms with Crippen LogP contribution in [-0.2, 0) is 4.79 Å². The minimum Gasteiger partial charge on any atom is -0.497 e. The molecule has 1 amide bonds. The van der Waals surface area contributed by atoms with Crippen LogP contribution in [0.2, 0.25) is 0 Å². The third-order valence-electron chi connectivity index (χ3n) is 2.56. The Balaban J connectivity index is 2.78. The number of hydrogen-bond acceptors (Lipinski definition) is 4. The Morgan fingerprint density at radius 1 is 1.05 bits per heavy atom. The zero-order valence-corrected chi connectivity index (χ0v) is 12.1. The van der Waals surface area contributed by atoms with Gasteiger partial charge in [0.1, 0.15) is 17.5 Å². The quantitative estimate of drug-likeness (QED) is 0.827. The van der Waals surface area contributed by atoms with E-state index in [-0.39, 0.29) is 18.0 Å². The third kappa shape index (κ3) is 4.69. The number of hydrogen-bond donors (Lipinski definition) is 2. The van der Waals surface area contributed by atoms with E-state index in [9.17, 15) is 4.79 Å². The second-order valence-electron chi connectivity index (χ2n) is 4.63. The summed E-state index contributed by atoms with van der Waals surface area (Å²) in [7, 11) is 3.18. The molecule has 1 aromatic carbocycles. The Labute approximate surface area is 114 Å². The van der Waals surface area contributed by atoms with Crippen molar-refractivity contribution in [2.24, 2.45) is 0 Å². The molecule has 0 unspecified atom stereocenters. The van der Waals surface area contributed by atoms with Gasteiger partial charge in [-0.3, -0.25) is 4.79 Å². The van der Waals surface area contributed by atoms with Crippen molar-refractivity contribution in [1.82, 2.24) is 5.32 Å². The highest BCUT2D eigenvalue weighted by molar-refractivity contribution is 5.84. The van der Waals surface area contributed by atoms with Crippen LogP contribution in [0.4, 0.5) is 5.69 Å². The summed E-state index contributed by atoms with van der Waals surface area (Å²) >= 11 is 0. The Morgan fingerprint density at radius 2 is 1.58 bits per heavy atom. The van der Waals surface area contributed by atoms with Gasteiger partial charge in [-0.15, -0.1) is 0 Å². The molecule has 0 saturated heterocycles. The van der Waals surface area contributed by atoms with Gasteiger partial charge in [0.2, 0.25) is 5.91 Å². The van der Waals surface area contributed by atoms with Crippen LogP contribution >= 0.6 is 0 Å². The van der Waals surface area contributed by atoms with Gasteiger partial charge in [0.15, 0.2) is 0 Å². The molecule has 5 nitrogen and oxygen atoms in total. The van der Waals surface area contributed by atoms with Crippen molar-refractivity contribution in [1.29, 1.82) is 0 Å². The summed E-state index contributed by atoms with van der Waals surface area (Å²) in [5, 5.41) is 5.98. The lowest BCUT2D eigenvalue weighted by Gasteiger charge is -2.18. The maximum atomic E-state index is 11.8. The molecule has 0 heterocycles. The second-order valence-corrected chi connectivity index (χ2v) is 4.63. The minimum atomic E-state index is -0.334. The van der Waals surface area contributed by atoms with Crippen molar-refractivity contribution < 1.29 is 14.3 Å². The standard InChI is InChI=1S/C14H22N2O3/c1-9(2)15-14(17)10(3)16-11-6-12(18-4)8-13(7-11)19-5/h6-10,16H,1-5H3,(H,15,17)/t10-/m0/s1. The Hall–Kier alpha value is -1.91. The molecule has 0 saturated carbocycles. The molecule has 0 spiro atoms. The van der Waals surface area contributed by atoms with Crippen LogP contribution in [0.25, 0.3) is 0 Å². The lowest BCUT2D eigenvalue weighted by Crippen LogP contribution is -2.40. The van der Waals surface area contributed by atoms with Crippen molar-refractivity contribution in [3.05, 3.63) is 18.2 Å². The maximum Gasteiger partial charge on any atom is 0.242 e. The molecule has 1 rings (SSSR count). The fourth-order valence-electron chi connectivity index (χ4n) is 1.62. The van der Waals surface area contributed by atoms with Gasteiger partial charge in [-0.05, 0) is 20.8 Å². The fraction of sp³-hybridized carbons (Fsp3) is 0.500. The fourth-order valence-corrected chi connectivity index (χ4v) is 1.62. The Bertz CT molecular complexity index is 410. The van der Waals surface area contributed by atoms with Crippen LogP contribution in [0.5, 0.6) is 11.5 Å². The maximum absolute atomic E-state index is 11.8. The van der Waals surface area contributed by atoms with Crippen molar-refractivity contribution in [2.45, 2.75) is 32.9 Å². The number of carbonyl (C=O) groups excluding carboxylic acids is 1. The first-order valence-electron chi connectivity index (χ1n) is 6.26. The number of rotatable bonds is 6. The van der Waals surface area contributed by atoms with E-state index in [1.807, 2.05) is 32.9 Å². The average Bonchev–Trinajstić information content (AvgIpc) is 2.37. The molecule has 0 aromatic heterocycles. The van der Waals surface area contributed by atoms with E-state index >= 15 is 0 Å². The average molecular weight is 266 g/mol. The highest BCUT2D eigenvalue weighted by atomic mass is 16.5. The molecule has 2 N–H and O–H groups in total. The monoisotopic (exact) mass is 266 g/mol. The predicted octanol–water partition coefficient (Wildman–Crippen LogP) is 2.03. The summed E-state index contributed by atoms with van der Waals surface area (Å²) < 4.78 is 10.4. The molecule has 0 aliphatic carbocycles. The van der Waals surface area contributed by atoms with Gasteiger partial charge in [0.05, 0.1) is 14.2 Å². The van der Waals surface area contributed by atoms with Gasteiger partial charge in [0, 0.05) is 29.9 Å². The lowest BCUT2D eigenvalue weighted by molar-refractivity contribution is -0.122. The van der Waals surface area contributed by atoms with Crippen molar-refractivity contribution >= 4 is 11.6 Å². The first-order valence-corrected chi connectivity index (χ1v) is 6.26. The Kier molecular flexibility index (Phi) is 5.48. The van der Waals surface area contributed by atoms with Crippen LogP contribution in [0, 0.1) is 0 Å². The number of carbonyl (C=O) groups is 1. The molecule has 0 radical (unpaired) electrons. The van der Waals surface area contributed by atoms with Crippen LogP contribution in [0.3, 0.4) is 0 Å². The van der Waals surface area contributed by atoms with Gasteiger partial charge in [-0.2, -0.15) is 0 Å². The lowest BCUT2D eigenvalue weighted by atomic mass is 10.2. The predicted molar refractivity (Wildman–Crippen MR) is 75.9 cm³/mol. The van der Waals surface area contributed by atoms with Crippen LogP contribution in [0.1, 0.15) is 20.8 Å². The summed E-state index contributed by atoms with van der Waals surface area (Å²) in [6, 6.07) is 5.21. The normalized spacial score (nSPS) is 11.9. The number of benzene rings is 1. The number of amides is 1. The Morgan fingerprint density at radius 3 is 2.00 bits per heavy atom. The first kappa shape index (κ1) is 15.1. The zero-order valence-electron chi connectivity index (χ0n) is 12.1. The highest BCUT2D eigenvalue weighted by Gasteiger charge is 2.14. The largest absolute Gasteiger partial charge is 0.497 e. The molecule has 106 valence electrons. The van der Waals surface area contributed by atoms with Gasteiger partial charge in [-0.25, -0.2) is 0 Å². The van der Waals surface area contributed by atoms with Crippen LogP contribution in [-0.4, -0.2) is 32.2 Å². The summed E-state index contributed by atoms with van der Waals surface area (Å²) in [6.07, 6.45) is 0. The molecule has 0 bridgehead atoms. The third-order valence-corrected chi connectivity index (χ3v) is 2.56. The molecule has 0 aliphatic rings. The van der Waals surface area contributed by atoms with E-state index < -0.39 is 0 Å². The van der Waals surface area contributed by atoms with Crippen molar-refractivity contribution in [2.75, 3.05) is 19.5 Å². The topological polar surface area (TPSA) is 59.6 Å². The van der Waals surface area contributed by atoms with Crippen molar-refractivity contribution in [3.8, 4) is 11.5 Å². The molecular weight excluding hydrogens is 244 g/mol. The zero-order chi connectivity index (χ0) is 14.4. The van der Waals surface area contributed by atoms with E-state index in [1.165, 1.54) is 0 Å². The number of nitrogens with one attached hydrogen (secondary N) is 2. The smallest absolute Gasteiger partial charge is 0.242 e. The van der Waals surface area contributed by atoms with E-state index in [1.54, 1.807) is 20.3 Å². The second kappa shape index (κ2) is 6.87. The number of anilines is 1. The summed E-state index contributed by atoms with van der Waals surface area (Å²) in [6.45, 7) is 5.67. The van der Waals surface area contributed by atoms with Gasteiger partial charge < -0.3 is 20.1 Å².